The van der Waals surface area contributed by atoms with Crippen molar-refractivity contribution in [1.82, 2.24) is 0 Å². The molecular weight excluding hydrogens is 260 g/mol. The van der Waals surface area contributed by atoms with Crippen molar-refractivity contribution in [2.75, 3.05) is 0 Å². The molecule has 0 unspecified atom stereocenters. The number of alkyl halides is 3. The highest BCUT2D eigenvalue weighted by atomic mass is 35.5. The normalized spacial score (nSPS) is 11.6. The highest BCUT2D eigenvalue weighted by Gasteiger charge is 2.26. The van der Waals surface area contributed by atoms with E-state index in [1.54, 1.807) is 0 Å². The van der Waals surface area contributed by atoms with E-state index in [1.807, 2.05) is 0 Å². The predicted octanol–water partition coefficient (Wildman–Crippen LogP) is 4.39. The second kappa shape index (κ2) is 5.49. The first-order valence-electron chi connectivity index (χ1n) is 4.84. The van der Waals surface area contributed by atoms with Crippen LogP contribution in [0.15, 0.2) is 18.2 Å². The van der Waals surface area contributed by atoms with E-state index in [0.29, 0.717) is 0 Å². The summed E-state index contributed by atoms with van der Waals surface area (Å²) >= 11 is 5.57. The average molecular weight is 269 g/mol. The Labute approximate surface area is 100 Å². The molecule has 0 aliphatic carbocycles. The van der Waals surface area contributed by atoms with Crippen LogP contribution < -0.4 is 0 Å². The minimum Gasteiger partial charge on any atom is -0.294 e. The molecule has 0 fully saturated rings. The van der Waals surface area contributed by atoms with Crippen molar-refractivity contribution in [3.63, 3.8) is 0 Å². The maximum Gasteiger partial charge on any atom is 0.389 e. The van der Waals surface area contributed by atoms with Gasteiger partial charge >= 0.3 is 6.18 Å². The summed E-state index contributed by atoms with van der Waals surface area (Å²) in [6, 6.07) is 3.40. The van der Waals surface area contributed by atoms with Crippen molar-refractivity contribution in [3.8, 4) is 0 Å². The SMILES string of the molecule is O=C(CCCC(F)(F)F)c1cc(Cl)ccc1F. The van der Waals surface area contributed by atoms with Gasteiger partial charge in [-0.2, -0.15) is 13.2 Å². The molecule has 0 aliphatic heterocycles. The number of carbonyl (C=O) groups is 1. The number of rotatable bonds is 4. The molecule has 1 aromatic carbocycles. The zero-order valence-electron chi connectivity index (χ0n) is 8.65. The molecule has 0 atom stereocenters. The van der Waals surface area contributed by atoms with Gasteiger partial charge in [-0.05, 0) is 24.6 Å². The second-order valence-corrected chi connectivity index (χ2v) is 3.95. The fourth-order valence-electron chi connectivity index (χ4n) is 1.30. The maximum absolute atomic E-state index is 13.2. The minimum atomic E-state index is -4.30. The van der Waals surface area contributed by atoms with Crippen LogP contribution in [-0.2, 0) is 0 Å². The van der Waals surface area contributed by atoms with Gasteiger partial charge in [-0.25, -0.2) is 4.39 Å². The van der Waals surface area contributed by atoms with E-state index in [4.69, 9.17) is 11.6 Å². The number of Topliss-reactive ketones (excluding diaryl/α,β-unsaturated/α-hetero) is 1. The van der Waals surface area contributed by atoms with Gasteiger partial charge in [0, 0.05) is 17.9 Å². The third kappa shape index (κ3) is 4.73. The van der Waals surface area contributed by atoms with Crippen LogP contribution in [0, 0.1) is 5.82 Å². The maximum atomic E-state index is 13.2. The molecule has 0 saturated carbocycles. The van der Waals surface area contributed by atoms with Crippen molar-refractivity contribution in [2.45, 2.75) is 25.4 Å². The first-order chi connectivity index (χ1) is 7.79. The van der Waals surface area contributed by atoms with E-state index in [1.165, 1.54) is 6.07 Å². The lowest BCUT2D eigenvalue weighted by molar-refractivity contribution is -0.135. The zero-order chi connectivity index (χ0) is 13.1. The van der Waals surface area contributed by atoms with Crippen molar-refractivity contribution in [2.24, 2.45) is 0 Å². The Bertz CT molecular complexity index is 414. The molecule has 1 rings (SSSR count). The highest BCUT2D eigenvalue weighted by Crippen LogP contribution is 2.23. The van der Waals surface area contributed by atoms with Crippen LogP contribution in [0.4, 0.5) is 17.6 Å². The van der Waals surface area contributed by atoms with Crippen LogP contribution in [0.3, 0.4) is 0 Å². The van der Waals surface area contributed by atoms with E-state index in [-0.39, 0.29) is 23.4 Å². The lowest BCUT2D eigenvalue weighted by Crippen LogP contribution is -2.09. The summed E-state index contributed by atoms with van der Waals surface area (Å²) in [7, 11) is 0. The Morgan fingerprint density at radius 2 is 1.94 bits per heavy atom. The van der Waals surface area contributed by atoms with Gasteiger partial charge in [0.05, 0.1) is 5.56 Å². The van der Waals surface area contributed by atoms with E-state index < -0.39 is 24.2 Å². The van der Waals surface area contributed by atoms with Gasteiger partial charge in [0.1, 0.15) is 5.82 Å². The molecule has 0 saturated heterocycles. The van der Waals surface area contributed by atoms with Crippen molar-refractivity contribution in [3.05, 3.63) is 34.6 Å². The Morgan fingerprint density at radius 1 is 1.29 bits per heavy atom. The van der Waals surface area contributed by atoms with Crippen molar-refractivity contribution in [1.29, 1.82) is 0 Å². The third-order valence-corrected chi connectivity index (χ3v) is 2.33. The predicted molar refractivity (Wildman–Crippen MR) is 55.6 cm³/mol. The van der Waals surface area contributed by atoms with Crippen molar-refractivity contribution >= 4 is 17.4 Å². The molecule has 0 radical (unpaired) electrons. The highest BCUT2D eigenvalue weighted by molar-refractivity contribution is 6.31. The van der Waals surface area contributed by atoms with Gasteiger partial charge in [-0.3, -0.25) is 4.79 Å². The van der Waals surface area contributed by atoms with E-state index in [0.717, 1.165) is 12.1 Å². The summed E-state index contributed by atoms with van der Waals surface area (Å²) in [5.74, 6) is -1.44. The molecule has 0 spiro atoms. The Hall–Kier alpha value is -1.10. The van der Waals surface area contributed by atoms with Gasteiger partial charge < -0.3 is 0 Å². The molecule has 0 bridgehead atoms. The van der Waals surface area contributed by atoms with Crippen LogP contribution in [0.5, 0.6) is 0 Å². The van der Waals surface area contributed by atoms with Crippen LogP contribution in [0.1, 0.15) is 29.6 Å². The van der Waals surface area contributed by atoms with E-state index >= 15 is 0 Å². The van der Waals surface area contributed by atoms with Gasteiger partial charge in [0.15, 0.2) is 5.78 Å². The number of ketones is 1. The lowest BCUT2D eigenvalue weighted by atomic mass is 10.0. The number of hydrogen-bond acceptors (Lipinski definition) is 1. The first kappa shape index (κ1) is 14.0. The molecule has 1 nitrogen and oxygen atoms in total. The van der Waals surface area contributed by atoms with Crippen LogP contribution in [0.25, 0.3) is 0 Å². The summed E-state index contributed by atoms with van der Waals surface area (Å²) in [5.41, 5.74) is -0.264. The van der Waals surface area contributed by atoms with Gasteiger partial charge in [0.2, 0.25) is 0 Å². The Kier molecular flexibility index (Phi) is 4.51. The van der Waals surface area contributed by atoms with Crippen LogP contribution in [-0.4, -0.2) is 12.0 Å². The fourth-order valence-corrected chi connectivity index (χ4v) is 1.47. The smallest absolute Gasteiger partial charge is 0.294 e. The number of carbonyl (C=O) groups excluding carboxylic acids is 1. The monoisotopic (exact) mass is 268 g/mol. The van der Waals surface area contributed by atoms with Gasteiger partial charge in [-0.1, -0.05) is 11.6 Å². The molecule has 0 N–H and O–H groups in total. The standard InChI is InChI=1S/C11H9ClF4O/c12-7-3-4-9(13)8(6-7)10(17)2-1-5-11(14,15)16/h3-4,6H,1-2,5H2. The minimum absolute atomic E-state index is 0.172. The molecule has 1 aromatic rings. The first-order valence-corrected chi connectivity index (χ1v) is 5.22. The summed E-state index contributed by atoms with van der Waals surface area (Å²) in [5, 5.41) is 0.172. The second-order valence-electron chi connectivity index (χ2n) is 3.52. The molecule has 0 amide bonds. The van der Waals surface area contributed by atoms with E-state index in [9.17, 15) is 22.4 Å². The molecule has 17 heavy (non-hydrogen) atoms. The van der Waals surface area contributed by atoms with E-state index in [2.05, 4.69) is 0 Å². The number of hydrogen-bond donors (Lipinski definition) is 0. The van der Waals surface area contributed by atoms with Crippen molar-refractivity contribution < 1.29 is 22.4 Å². The molecule has 94 valence electrons. The van der Waals surface area contributed by atoms with Crippen LogP contribution >= 0.6 is 11.6 Å². The molecule has 0 aromatic heterocycles. The number of halogens is 5. The van der Waals surface area contributed by atoms with Crippen LogP contribution in [0.2, 0.25) is 5.02 Å². The fraction of sp³-hybridized carbons (Fsp3) is 0.364. The number of benzene rings is 1. The Morgan fingerprint density at radius 3 is 2.53 bits per heavy atom. The molecular formula is C11H9ClF4O. The van der Waals surface area contributed by atoms with Gasteiger partial charge in [0.25, 0.3) is 0 Å². The quantitative estimate of drug-likeness (QED) is 0.584. The third-order valence-electron chi connectivity index (χ3n) is 2.09. The topological polar surface area (TPSA) is 17.1 Å². The molecule has 0 aliphatic rings. The molecule has 0 heterocycles. The Balaban J connectivity index is 2.61. The molecule has 6 heteroatoms. The summed E-state index contributed by atoms with van der Waals surface area (Å²) in [6.07, 6.45) is -6.06. The van der Waals surface area contributed by atoms with Gasteiger partial charge in [-0.15, -0.1) is 0 Å². The summed E-state index contributed by atoms with van der Waals surface area (Å²) in [4.78, 5) is 11.4. The summed E-state index contributed by atoms with van der Waals surface area (Å²) < 4.78 is 48.7. The zero-order valence-corrected chi connectivity index (χ0v) is 9.41. The average Bonchev–Trinajstić information content (AvgIpc) is 2.19. The lowest BCUT2D eigenvalue weighted by Gasteiger charge is -2.06. The largest absolute Gasteiger partial charge is 0.389 e. The summed E-state index contributed by atoms with van der Waals surface area (Å²) in [6.45, 7) is 0.